The minimum atomic E-state index is -3.36. The Kier molecular flexibility index (Phi) is 8.45. The summed E-state index contributed by atoms with van der Waals surface area (Å²) in [5.41, 5.74) is 3.13. The lowest BCUT2D eigenvalue weighted by Gasteiger charge is -2.18. The minimum absolute atomic E-state index is 0.287. The molecule has 6 heteroatoms. The lowest BCUT2D eigenvalue weighted by Crippen LogP contribution is -2.30. The molecular weight excluding hydrogens is 274 g/mol. The average Bonchev–Trinajstić information content (AvgIpc) is 2.39. The molecule has 116 valence electrons. The smallest absolute Gasteiger partial charge is 0.243 e. The predicted molar refractivity (Wildman–Crippen MR) is 84.9 cm³/mol. The van der Waals surface area contributed by atoms with Crippen molar-refractivity contribution in [3.63, 3.8) is 0 Å². The number of anilines is 1. The monoisotopic (exact) mass is 301 g/mol. The first-order chi connectivity index (χ1) is 9.29. The summed E-state index contributed by atoms with van der Waals surface area (Å²) in [5.74, 6) is 6.04. The van der Waals surface area contributed by atoms with Gasteiger partial charge in [0.25, 0.3) is 0 Å². The summed E-state index contributed by atoms with van der Waals surface area (Å²) in [6, 6.07) is 6.36. The first-order valence-corrected chi connectivity index (χ1v) is 8.30. The Bertz CT molecular complexity index is 463. The van der Waals surface area contributed by atoms with Crippen molar-refractivity contribution in [3.8, 4) is 0 Å². The highest BCUT2D eigenvalue weighted by atomic mass is 32.2. The zero-order chi connectivity index (χ0) is 15.8. The third-order valence-corrected chi connectivity index (χ3v) is 4.43. The number of nitrogen functional groups attached to an aromatic ring is 1. The first-order valence-electron chi connectivity index (χ1n) is 6.86. The van der Waals surface area contributed by atoms with Crippen LogP contribution in [0.3, 0.4) is 0 Å². The maximum atomic E-state index is 12.1. The normalized spacial score (nSPS) is 11.2. The predicted octanol–water partition coefficient (Wildman–Crippen LogP) is 2.67. The van der Waals surface area contributed by atoms with Gasteiger partial charge in [0, 0.05) is 18.8 Å². The van der Waals surface area contributed by atoms with Gasteiger partial charge in [-0.05, 0) is 30.2 Å². The number of nitrogens with two attached hydrogens (primary N) is 1. The Morgan fingerprint density at radius 3 is 1.80 bits per heavy atom. The lowest BCUT2D eigenvalue weighted by molar-refractivity contribution is 0.445. The fourth-order valence-corrected chi connectivity index (χ4v) is 2.89. The molecule has 1 rings (SSSR count). The van der Waals surface area contributed by atoms with Crippen LogP contribution in [0.5, 0.6) is 0 Å². The number of hydrazine groups is 1. The third kappa shape index (κ3) is 5.90. The topological polar surface area (TPSA) is 75.4 Å². The summed E-state index contributed by atoms with van der Waals surface area (Å²) in [7, 11) is -3.36. The van der Waals surface area contributed by atoms with Crippen molar-refractivity contribution in [2.45, 2.75) is 39.5 Å². The van der Waals surface area contributed by atoms with E-state index in [-0.39, 0.29) is 4.90 Å². The van der Waals surface area contributed by atoms with Gasteiger partial charge in [0.15, 0.2) is 0 Å². The SMILES string of the molecule is CC(C)C.CCN(CC)S(=O)(=O)c1ccc(NN)cc1. The van der Waals surface area contributed by atoms with Crippen molar-refractivity contribution in [2.24, 2.45) is 11.8 Å². The molecule has 0 aliphatic carbocycles. The number of sulfonamides is 1. The molecule has 0 fully saturated rings. The molecule has 0 aliphatic heterocycles. The molecule has 0 amide bonds. The highest BCUT2D eigenvalue weighted by molar-refractivity contribution is 7.89. The van der Waals surface area contributed by atoms with Crippen molar-refractivity contribution in [1.82, 2.24) is 4.31 Å². The summed E-state index contributed by atoms with van der Waals surface area (Å²) in [4.78, 5) is 0.287. The van der Waals surface area contributed by atoms with Crippen LogP contribution in [0.25, 0.3) is 0 Å². The van der Waals surface area contributed by atoms with E-state index in [1.165, 1.54) is 4.31 Å². The van der Waals surface area contributed by atoms with Gasteiger partial charge in [0.1, 0.15) is 0 Å². The standard InChI is InChI=1S/C10H17N3O2S.C4H10/c1-3-13(4-2)16(14,15)10-7-5-9(12-11)6-8-10;1-4(2)3/h5-8,12H,3-4,11H2,1-2H3;4H,1-3H3. The Labute approximate surface area is 123 Å². The fraction of sp³-hybridized carbons (Fsp3) is 0.571. The van der Waals surface area contributed by atoms with E-state index in [9.17, 15) is 8.42 Å². The Balaban J connectivity index is 0.000000796. The number of hydrogen-bond donors (Lipinski definition) is 2. The van der Waals surface area contributed by atoms with Gasteiger partial charge in [0.2, 0.25) is 10.0 Å². The Hall–Kier alpha value is -1.11. The van der Waals surface area contributed by atoms with Crippen LogP contribution >= 0.6 is 0 Å². The van der Waals surface area contributed by atoms with Crippen LogP contribution in [-0.2, 0) is 10.0 Å². The lowest BCUT2D eigenvalue weighted by atomic mass is 10.3. The molecule has 0 saturated heterocycles. The largest absolute Gasteiger partial charge is 0.324 e. The van der Waals surface area contributed by atoms with Crippen LogP contribution in [0, 0.1) is 5.92 Å². The van der Waals surface area contributed by atoms with E-state index >= 15 is 0 Å². The van der Waals surface area contributed by atoms with Gasteiger partial charge in [-0.15, -0.1) is 0 Å². The zero-order valence-corrected chi connectivity index (χ0v) is 13.9. The van der Waals surface area contributed by atoms with Crippen LogP contribution in [-0.4, -0.2) is 25.8 Å². The van der Waals surface area contributed by atoms with Gasteiger partial charge in [0.05, 0.1) is 4.90 Å². The van der Waals surface area contributed by atoms with E-state index in [0.29, 0.717) is 18.8 Å². The maximum absolute atomic E-state index is 12.1. The van der Waals surface area contributed by atoms with Gasteiger partial charge >= 0.3 is 0 Å². The first kappa shape index (κ1) is 18.9. The molecule has 0 saturated carbocycles. The van der Waals surface area contributed by atoms with Gasteiger partial charge < -0.3 is 5.43 Å². The number of nitrogens with one attached hydrogen (secondary N) is 1. The average molecular weight is 301 g/mol. The molecule has 0 unspecified atom stereocenters. The van der Waals surface area contributed by atoms with Crippen LogP contribution in [0.15, 0.2) is 29.2 Å². The quantitative estimate of drug-likeness (QED) is 0.647. The van der Waals surface area contributed by atoms with Crippen LogP contribution < -0.4 is 11.3 Å². The fourth-order valence-electron chi connectivity index (χ4n) is 1.44. The zero-order valence-electron chi connectivity index (χ0n) is 13.1. The summed E-state index contributed by atoms with van der Waals surface area (Å²) in [6.45, 7) is 11.1. The second kappa shape index (κ2) is 8.94. The molecule has 0 spiro atoms. The van der Waals surface area contributed by atoms with Gasteiger partial charge in [-0.1, -0.05) is 34.6 Å². The molecule has 3 N–H and O–H groups in total. The molecule has 20 heavy (non-hydrogen) atoms. The van der Waals surface area contributed by atoms with E-state index in [0.717, 1.165) is 5.92 Å². The van der Waals surface area contributed by atoms with Gasteiger partial charge in [-0.2, -0.15) is 4.31 Å². The number of benzene rings is 1. The molecule has 1 aromatic rings. The molecular formula is C14H27N3O2S. The molecule has 0 heterocycles. The summed E-state index contributed by atoms with van der Waals surface area (Å²) >= 11 is 0. The molecule has 5 nitrogen and oxygen atoms in total. The van der Waals surface area contributed by atoms with E-state index in [2.05, 4.69) is 26.2 Å². The molecule has 0 radical (unpaired) electrons. The van der Waals surface area contributed by atoms with Crippen molar-refractivity contribution in [2.75, 3.05) is 18.5 Å². The van der Waals surface area contributed by atoms with E-state index in [1.807, 2.05) is 13.8 Å². The second-order valence-corrected chi connectivity index (χ2v) is 6.93. The number of rotatable bonds is 5. The molecule has 0 aromatic heterocycles. The second-order valence-electron chi connectivity index (χ2n) is 4.99. The van der Waals surface area contributed by atoms with Gasteiger partial charge in [-0.3, -0.25) is 5.84 Å². The maximum Gasteiger partial charge on any atom is 0.243 e. The number of hydrogen-bond acceptors (Lipinski definition) is 4. The van der Waals surface area contributed by atoms with Gasteiger partial charge in [-0.25, -0.2) is 8.42 Å². The Morgan fingerprint density at radius 1 is 1.10 bits per heavy atom. The van der Waals surface area contributed by atoms with Crippen LogP contribution in [0.4, 0.5) is 5.69 Å². The van der Waals surface area contributed by atoms with Crippen molar-refractivity contribution in [3.05, 3.63) is 24.3 Å². The van der Waals surface area contributed by atoms with E-state index in [1.54, 1.807) is 24.3 Å². The van der Waals surface area contributed by atoms with E-state index < -0.39 is 10.0 Å². The van der Waals surface area contributed by atoms with Crippen molar-refractivity contribution < 1.29 is 8.42 Å². The van der Waals surface area contributed by atoms with Crippen LogP contribution in [0.1, 0.15) is 34.6 Å². The highest BCUT2D eigenvalue weighted by Crippen LogP contribution is 2.17. The molecule has 0 bridgehead atoms. The molecule has 0 aliphatic rings. The molecule has 1 aromatic carbocycles. The van der Waals surface area contributed by atoms with Crippen LogP contribution in [0.2, 0.25) is 0 Å². The van der Waals surface area contributed by atoms with E-state index in [4.69, 9.17) is 5.84 Å². The minimum Gasteiger partial charge on any atom is -0.324 e. The summed E-state index contributed by atoms with van der Waals surface area (Å²) < 4.78 is 25.6. The third-order valence-electron chi connectivity index (χ3n) is 2.36. The Morgan fingerprint density at radius 2 is 1.50 bits per heavy atom. The number of nitrogens with zero attached hydrogens (tertiary/aromatic N) is 1. The molecule has 0 atom stereocenters. The van der Waals surface area contributed by atoms with Crippen molar-refractivity contribution in [1.29, 1.82) is 0 Å². The highest BCUT2D eigenvalue weighted by Gasteiger charge is 2.20. The summed E-state index contributed by atoms with van der Waals surface area (Å²) in [6.07, 6.45) is 0. The summed E-state index contributed by atoms with van der Waals surface area (Å²) in [5, 5.41) is 0. The van der Waals surface area contributed by atoms with Crippen molar-refractivity contribution >= 4 is 15.7 Å².